The fraction of sp³-hybridized carbons (Fsp3) is 0.357. The highest BCUT2D eigenvalue weighted by Gasteiger charge is 2.13. The first-order valence-corrected chi connectivity index (χ1v) is 8.02. The first-order valence-electron chi connectivity index (χ1n) is 6.54. The highest BCUT2D eigenvalue weighted by Crippen LogP contribution is 2.11. The average Bonchev–Trinajstić information content (AvgIpc) is 2.45. The Hall–Kier alpha value is -1.70. The van der Waals surface area contributed by atoms with Crippen molar-refractivity contribution in [3.63, 3.8) is 0 Å². The molecule has 1 unspecified atom stereocenters. The minimum atomic E-state index is -3.61. The van der Waals surface area contributed by atoms with E-state index >= 15 is 0 Å². The van der Waals surface area contributed by atoms with Crippen LogP contribution in [0.3, 0.4) is 0 Å². The van der Waals surface area contributed by atoms with Gasteiger partial charge in [0.15, 0.2) is 0 Å². The van der Waals surface area contributed by atoms with Gasteiger partial charge < -0.3 is 10.2 Å². The van der Waals surface area contributed by atoms with Crippen molar-refractivity contribution in [2.45, 2.75) is 30.8 Å². The molecule has 21 heavy (non-hydrogen) atoms. The van der Waals surface area contributed by atoms with E-state index in [1.807, 2.05) is 6.92 Å². The number of aliphatic hydroxyl groups is 1. The lowest BCUT2D eigenvalue weighted by Gasteiger charge is -2.09. The monoisotopic (exact) mass is 313 g/mol. The molecule has 0 saturated carbocycles. The second-order valence-corrected chi connectivity index (χ2v) is 6.26. The van der Waals surface area contributed by atoms with Gasteiger partial charge in [-0.15, -0.1) is 0 Å². The molecule has 7 heteroatoms. The Morgan fingerprint density at radius 2 is 1.95 bits per heavy atom. The predicted molar refractivity (Wildman–Crippen MR) is 79.2 cm³/mol. The third kappa shape index (κ3) is 6.07. The number of carbonyl (C=O) groups is 1. The minimum absolute atomic E-state index is 0.0981. The highest BCUT2D eigenvalue weighted by atomic mass is 32.2. The van der Waals surface area contributed by atoms with Crippen LogP contribution in [0.25, 0.3) is 6.08 Å². The van der Waals surface area contributed by atoms with Gasteiger partial charge >= 0.3 is 5.97 Å². The molecular formula is C14H19NO5S. The van der Waals surface area contributed by atoms with Crippen molar-refractivity contribution < 1.29 is 23.4 Å². The predicted octanol–water partition coefficient (Wildman–Crippen LogP) is 1.22. The van der Waals surface area contributed by atoms with Crippen LogP contribution < -0.4 is 4.72 Å². The highest BCUT2D eigenvalue weighted by molar-refractivity contribution is 7.89. The van der Waals surface area contributed by atoms with Crippen LogP contribution in [0, 0.1) is 0 Å². The number of hydrogen-bond donors (Lipinski definition) is 3. The smallest absolute Gasteiger partial charge is 0.328 e. The maximum Gasteiger partial charge on any atom is 0.328 e. The molecule has 0 spiro atoms. The summed E-state index contributed by atoms with van der Waals surface area (Å²) in [5, 5.41) is 17.9. The Labute approximate surface area is 124 Å². The van der Waals surface area contributed by atoms with Gasteiger partial charge in [0.25, 0.3) is 0 Å². The number of benzene rings is 1. The van der Waals surface area contributed by atoms with Gasteiger partial charge in [0, 0.05) is 12.6 Å². The van der Waals surface area contributed by atoms with E-state index < -0.39 is 22.1 Å². The summed E-state index contributed by atoms with van der Waals surface area (Å²) in [6.07, 6.45) is 2.77. The van der Waals surface area contributed by atoms with E-state index in [0.29, 0.717) is 18.4 Å². The number of carboxylic acids is 1. The van der Waals surface area contributed by atoms with Gasteiger partial charge in [-0.05, 0) is 36.6 Å². The van der Waals surface area contributed by atoms with Crippen LogP contribution in [-0.2, 0) is 14.8 Å². The molecule has 0 aliphatic carbocycles. The van der Waals surface area contributed by atoms with Gasteiger partial charge in [-0.25, -0.2) is 17.9 Å². The molecule has 0 fully saturated rings. The minimum Gasteiger partial charge on any atom is -0.478 e. The Bertz CT molecular complexity index is 592. The molecule has 116 valence electrons. The zero-order valence-electron chi connectivity index (χ0n) is 11.7. The number of aliphatic hydroxyl groups excluding tert-OH is 1. The number of sulfonamides is 1. The van der Waals surface area contributed by atoms with Crippen molar-refractivity contribution in [2.75, 3.05) is 6.54 Å². The summed E-state index contributed by atoms with van der Waals surface area (Å²) in [7, 11) is -3.61. The molecule has 0 saturated heterocycles. The standard InChI is InChI=1S/C14H19NO5S/c1-2-12(16)9-10-15-21(19,20)13-6-3-11(4-7-13)5-8-14(17)18/h3-8,12,15-16H,2,9-10H2,1H3,(H,17,18)/b8-5+. The van der Waals surface area contributed by atoms with E-state index in [1.165, 1.54) is 30.3 Å². The molecule has 1 rings (SSSR count). The Morgan fingerprint density at radius 3 is 2.48 bits per heavy atom. The Kier molecular flexibility index (Phi) is 6.54. The molecule has 0 heterocycles. The van der Waals surface area contributed by atoms with E-state index in [4.69, 9.17) is 5.11 Å². The van der Waals surface area contributed by atoms with Crippen molar-refractivity contribution in [3.05, 3.63) is 35.9 Å². The van der Waals surface area contributed by atoms with Gasteiger partial charge in [-0.1, -0.05) is 19.1 Å². The SMILES string of the molecule is CCC(O)CCNS(=O)(=O)c1ccc(/C=C/C(=O)O)cc1. The summed E-state index contributed by atoms with van der Waals surface area (Å²) in [6.45, 7) is 1.99. The van der Waals surface area contributed by atoms with Gasteiger partial charge in [0.2, 0.25) is 10.0 Å². The van der Waals surface area contributed by atoms with E-state index in [9.17, 15) is 18.3 Å². The van der Waals surface area contributed by atoms with Crippen LogP contribution in [0.15, 0.2) is 35.2 Å². The van der Waals surface area contributed by atoms with Crippen LogP contribution in [0.1, 0.15) is 25.3 Å². The van der Waals surface area contributed by atoms with Crippen molar-refractivity contribution in [3.8, 4) is 0 Å². The number of nitrogens with one attached hydrogen (secondary N) is 1. The molecule has 1 aromatic carbocycles. The molecule has 1 atom stereocenters. The van der Waals surface area contributed by atoms with Crippen molar-refractivity contribution in [2.24, 2.45) is 0 Å². The lowest BCUT2D eigenvalue weighted by molar-refractivity contribution is -0.131. The van der Waals surface area contributed by atoms with Crippen LogP contribution >= 0.6 is 0 Å². The van der Waals surface area contributed by atoms with Crippen LogP contribution in [0.4, 0.5) is 0 Å². The first kappa shape index (κ1) is 17.4. The maximum atomic E-state index is 12.0. The lowest BCUT2D eigenvalue weighted by Crippen LogP contribution is -2.27. The van der Waals surface area contributed by atoms with Crippen molar-refractivity contribution in [1.29, 1.82) is 0 Å². The summed E-state index contributed by atoms with van der Waals surface area (Å²) in [4.78, 5) is 10.5. The van der Waals surface area contributed by atoms with Gasteiger partial charge in [0.05, 0.1) is 11.0 Å². The molecule has 0 radical (unpaired) electrons. The quantitative estimate of drug-likeness (QED) is 0.626. The summed E-state index contributed by atoms with van der Waals surface area (Å²) in [5.41, 5.74) is 0.595. The van der Waals surface area contributed by atoms with Gasteiger partial charge in [-0.3, -0.25) is 0 Å². The van der Waals surface area contributed by atoms with Crippen molar-refractivity contribution in [1.82, 2.24) is 4.72 Å². The molecule has 0 aliphatic rings. The molecule has 0 bridgehead atoms. The van der Waals surface area contributed by atoms with E-state index in [0.717, 1.165) is 6.08 Å². The maximum absolute atomic E-state index is 12.0. The second-order valence-electron chi connectivity index (χ2n) is 4.49. The van der Waals surface area contributed by atoms with E-state index in [1.54, 1.807) is 0 Å². The lowest BCUT2D eigenvalue weighted by atomic mass is 10.2. The normalized spacial score (nSPS) is 13.4. The van der Waals surface area contributed by atoms with Gasteiger partial charge in [0.1, 0.15) is 0 Å². The van der Waals surface area contributed by atoms with Crippen LogP contribution in [0.2, 0.25) is 0 Å². The summed E-state index contributed by atoms with van der Waals surface area (Å²) < 4.78 is 26.4. The number of hydrogen-bond acceptors (Lipinski definition) is 4. The number of aliphatic carboxylic acids is 1. The summed E-state index contributed by atoms with van der Waals surface area (Å²) in [5.74, 6) is -1.07. The molecule has 0 aliphatic heterocycles. The average molecular weight is 313 g/mol. The fourth-order valence-corrected chi connectivity index (χ4v) is 2.62. The molecule has 6 nitrogen and oxygen atoms in total. The Balaban J connectivity index is 2.69. The molecule has 3 N–H and O–H groups in total. The Morgan fingerprint density at radius 1 is 1.33 bits per heavy atom. The number of carboxylic acid groups (broad SMARTS) is 1. The molecule has 1 aromatic rings. The fourth-order valence-electron chi connectivity index (χ4n) is 1.57. The zero-order chi connectivity index (χ0) is 15.9. The van der Waals surface area contributed by atoms with Crippen LogP contribution in [-0.4, -0.2) is 37.2 Å². The zero-order valence-corrected chi connectivity index (χ0v) is 12.5. The first-order chi connectivity index (χ1) is 9.85. The van der Waals surface area contributed by atoms with Crippen LogP contribution in [0.5, 0.6) is 0 Å². The molecular weight excluding hydrogens is 294 g/mol. The van der Waals surface area contributed by atoms with E-state index in [2.05, 4.69) is 4.72 Å². The topological polar surface area (TPSA) is 104 Å². The number of rotatable bonds is 8. The largest absolute Gasteiger partial charge is 0.478 e. The summed E-state index contributed by atoms with van der Waals surface area (Å²) >= 11 is 0. The third-order valence-electron chi connectivity index (χ3n) is 2.85. The third-order valence-corrected chi connectivity index (χ3v) is 4.33. The van der Waals surface area contributed by atoms with Gasteiger partial charge in [-0.2, -0.15) is 0 Å². The molecule has 0 amide bonds. The van der Waals surface area contributed by atoms with E-state index in [-0.39, 0.29) is 11.4 Å². The van der Waals surface area contributed by atoms with Crippen molar-refractivity contribution >= 4 is 22.1 Å². The summed E-state index contributed by atoms with van der Waals surface area (Å²) in [6, 6.07) is 5.85. The second kappa shape index (κ2) is 7.92. The molecule has 0 aromatic heterocycles.